The van der Waals surface area contributed by atoms with Crippen molar-refractivity contribution >= 4 is 0 Å². The summed E-state index contributed by atoms with van der Waals surface area (Å²) in [7, 11) is 0. The van der Waals surface area contributed by atoms with Crippen molar-refractivity contribution in [3.8, 4) is 0 Å². The molecule has 0 aliphatic carbocycles. The molecule has 1 heterocycles. The molecule has 0 fully saturated rings. The molecule has 0 aliphatic rings. The summed E-state index contributed by atoms with van der Waals surface area (Å²) < 4.78 is 0. The molecule has 5 nitrogen and oxygen atoms in total. The van der Waals surface area contributed by atoms with E-state index in [0.717, 1.165) is 5.82 Å². The molecule has 1 aromatic heterocycles. The van der Waals surface area contributed by atoms with Gasteiger partial charge in [-0.3, -0.25) is 5.10 Å². The lowest BCUT2D eigenvalue weighted by Gasteiger charge is -2.01. The first-order chi connectivity index (χ1) is 5.65. The summed E-state index contributed by atoms with van der Waals surface area (Å²) in [6.07, 6.45) is 0. The van der Waals surface area contributed by atoms with Gasteiger partial charge < -0.3 is 10.8 Å². The fourth-order valence-electron chi connectivity index (χ4n) is 0.798. The van der Waals surface area contributed by atoms with Crippen LogP contribution in [0.4, 0.5) is 0 Å². The van der Waals surface area contributed by atoms with E-state index >= 15 is 0 Å². The molecule has 0 saturated heterocycles. The van der Waals surface area contributed by atoms with Crippen molar-refractivity contribution in [2.24, 2.45) is 5.73 Å². The summed E-state index contributed by atoms with van der Waals surface area (Å²) in [5, 5.41) is 15.4. The maximum atomic E-state index is 8.72. The average molecular weight is 170 g/mol. The van der Waals surface area contributed by atoms with Gasteiger partial charge in [-0.1, -0.05) is 13.8 Å². The van der Waals surface area contributed by atoms with Gasteiger partial charge in [0.2, 0.25) is 0 Å². The van der Waals surface area contributed by atoms with Crippen LogP contribution in [0.5, 0.6) is 0 Å². The van der Waals surface area contributed by atoms with E-state index in [4.69, 9.17) is 10.8 Å². The van der Waals surface area contributed by atoms with E-state index < -0.39 is 6.04 Å². The monoisotopic (exact) mass is 170 g/mol. The lowest BCUT2D eigenvalue weighted by atomic mass is 10.2. The minimum atomic E-state index is -0.454. The van der Waals surface area contributed by atoms with Crippen LogP contribution in [0.2, 0.25) is 0 Å². The molecule has 0 bridgehead atoms. The van der Waals surface area contributed by atoms with Crippen molar-refractivity contribution in [2.75, 3.05) is 6.61 Å². The van der Waals surface area contributed by atoms with Crippen LogP contribution in [0.25, 0.3) is 0 Å². The Hall–Kier alpha value is -0.940. The van der Waals surface area contributed by atoms with E-state index in [9.17, 15) is 0 Å². The van der Waals surface area contributed by atoms with E-state index in [-0.39, 0.29) is 12.5 Å². The number of nitrogens with two attached hydrogens (primary N) is 1. The van der Waals surface area contributed by atoms with Crippen LogP contribution in [-0.2, 0) is 0 Å². The summed E-state index contributed by atoms with van der Waals surface area (Å²) in [6.45, 7) is 3.88. The van der Waals surface area contributed by atoms with Crippen molar-refractivity contribution in [3.05, 3.63) is 11.6 Å². The van der Waals surface area contributed by atoms with E-state index in [0.29, 0.717) is 5.82 Å². The summed E-state index contributed by atoms with van der Waals surface area (Å²) in [4.78, 5) is 4.13. The zero-order valence-electron chi connectivity index (χ0n) is 7.28. The fraction of sp³-hybridized carbons (Fsp3) is 0.714. The van der Waals surface area contributed by atoms with Crippen molar-refractivity contribution < 1.29 is 5.11 Å². The van der Waals surface area contributed by atoms with Crippen molar-refractivity contribution in [3.63, 3.8) is 0 Å². The van der Waals surface area contributed by atoms with Crippen LogP contribution in [0.15, 0.2) is 0 Å². The molecule has 0 radical (unpaired) electrons. The van der Waals surface area contributed by atoms with Gasteiger partial charge in [0.15, 0.2) is 5.82 Å². The van der Waals surface area contributed by atoms with Crippen LogP contribution in [0.1, 0.15) is 37.5 Å². The van der Waals surface area contributed by atoms with Crippen LogP contribution < -0.4 is 5.73 Å². The maximum absolute atomic E-state index is 8.72. The lowest BCUT2D eigenvalue weighted by Crippen LogP contribution is -2.16. The Morgan fingerprint density at radius 3 is 2.67 bits per heavy atom. The van der Waals surface area contributed by atoms with E-state index in [1.165, 1.54) is 0 Å². The molecule has 0 saturated carbocycles. The molecule has 1 aromatic rings. The number of nitrogens with one attached hydrogen (secondary N) is 1. The summed E-state index contributed by atoms with van der Waals surface area (Å²) in [5.41, 5.74) is 5.52. The predicted molar refractivity (Wildman–Crippen MR) is 44.5 cm³/mol. The highest BCUT2D eigenvalue weighted by Gasteiger charge is 2.11. The van der Waals surface area contributed by atoms with Crippen LogP contribution in [0, 0.1) is 0 Å². The SMILES string of the molecule is CC(C)c1n[nH]c(C(N)CO)n1. The van der Waals surface area contributed by atoms with Gasteiger partial charge in [0.1, 0.15) is 5.82 Å². The summed E-state index contributed by atoms with van der Waals surface area (Å²) in [5.74, 6) is 1.55. The second-order valence-electron chi connectivity index (χ2n) is 3.02. The average Bonchev–Trinajstić information content (AvgIpc) is 2.51. The number of aliphatic hydroxyl groups excluding tert-OH is 1. The predicted octanol–water partition coefficient (Wildman–Crippen LogP) is -0.0798. The standard InChI is InChI=1S/C7H14N4O/c1-4(2)6-9-7(11-10-6)5(8)3-12/h4-5,12H,3,8H2,1-2H3,(H,9,10,11). The highest BCUT2D eigenvalue weighted by molar-refractivity contribution is 4.98. The molecule has 1 atom stereocenters. The Morgan fingerprint density at radius 1 is 1.58 bits per heavy atom. The van der Waals surface area contributed by atoms with Crippen LogP contribution >= 0.6 is 0 Å². The molecule has 0 spiro atoms. The molecular weight excluding hydrogens is 156 g/mol. The molecule has 5 heteroatoms. The minimum absolute atomic E-state index is 0.118. The van der Waals surface area contributed by atoms with Crippen LogP contribution in [-0.4, -0.2) is 26.9 Å². The van der Waals surface area contributed by atoms with Gasteiger partial charge in [0.25, 0.3) is 0 Å². The van der Waals surface area contributed by atoms with Crippen molar-refractivity contribution in [1.29, 1.82) is 0 Å². The van der Waals surface area contributed by atoms with E-state index in [2.05, 4.69) is 15.2 Å². The largest absolute Gasteiger partial charge is 0.394 e. The van der Waals surface area contributed by atoms with Crippen molar-refractivity contribution in [2.45, 2.75) is 25.8 Å². The smallest absolute Gasteiger partial charge is 0.153 e. The van der Waals surface area contributed by atoms with Crippen molar-refractivity contribution in [1.82, 2.24) is 15.2 Å². The Balaban J connectivity index is 2.77. The Morgan fingerprint density at radius 2 is 2.25 bits per heavy atom. The quantitative estimate of drug-likeness (QED) is 0.592. The molecule has 12 heavy (non-hydrogen) atoms. The molecule has 0 aromatic carbocycles. The fourth-order valence-corrected chi connectivity index (χ4v) is 0.798. The molecule has 1 unspecified atom stereocenters. The minimum Gasteiger partial charge on any atom is -0.394 e. The molecule has 1 rings (SSSR count). The van der Waals surface area contributed by atoms with Gasteiger partial charge in [-0.05, 0) is 0 Å². The maximum Gasteiger partial charge on any atom is 0.153 e. The number of aromatic amines is 1. The first-order valence-corrected chi connectivity index (χ1v) is 3.93. The molecule has 4 N–H and O–H groups in total. The normalized spacial score (nSPS) is 13.8. The highest BCUT2D eigenvalue weighted by atomic mass is 16.3. The first-order valence-electron chi connectivity index (χ1n) is 3.93. The number of aromatic nitrogens is 3. The zero-order chi connectivity index (χ0) is 9.14. The molecule has 0 amide bonds. The van der Waals surface area contributed by atoms with E-state index in [1.54, 1.807) is 0 Å². The Labute approximate surface area is 71.0 Å². The number of nitrogens with zero attached hydrogens (tertiary/aromatic N) is 2. The number of rotatable bonds is 3. The Kier molecular flexibility index (Phi) is 2.78. The number of H-pyrrole nitrogens is 1. The van der Waals surface area contributed by atoms with Gasteiger partial charge in [0.05, 0.1) is 12.6 Å². The summed E-state index contributed by atoms with van der Waals surface area (Å²) >= 11 is 0. The second kappa shape index (κ2) is 3.64. The molecular formula is C7H14N4O. The van der Waals surface area contributed by atoms with Crippen LogP contribution in [0.3, 0.4) is 0 Å². The lowest BCUT2D eigenvalue weighted by molar-refractivity contribution is 0.263. The number of aliphatic hydroxyl groups is 1. The topological polar surface area (TPSA) is 87.8 Å². The van der Waals surface area contributed by atoms with Gasteiger partial charge in [-0.15, -0.1) is 0 Å². The third kappa shape index (κ3) is 1.80. The third-order valence-corrected chi connectivity index (χ3v) is 1.58. The number of hydrogen-bond acceptors (Lipinski definition) is 4. The molecule has 68 valence electrons. The van der Waals surface area contributed by atoms with Gasteiger partial charge >= 0.3 is 0 Å². The molecule has 0 aliphatic heterocycles. The van der Waals surface area contributed by atoms with Gasteiger partial charge in [-0.25, -0.2) is 4.98 Å². The second-order valence-corrected chi connectivity index (χ2v) is 3.02. The Bertz CT molecular complexity index is 245. The number of hydrogen-bond donors (Lipinski definition) is 3. The zero-order valence-corrected chi connectivity index (χ0v) is 7.28. The van der Waals surface area contributed by atoms with Gasteiger partial charge in [0, 0.05) is 5.92 Å². The highest BCUT2D eigenvalue weighted by Crippen LogP contribution is 2.10. The summed E-state index contributed by atoms with van der Waals surface area (Å²) in [6, 6.07) is -0.454. The van der Waals surface area contributed by atoms with E-state index in [1.807, 2.05) is 13.8 Å². The third-order valence-electron chi connectivity index (χ3n) is 1.58. The first kappa shape index (κ1) is 9.15. The van der Waals surface area contributed by atoms with Gasteiger partial charge in [-0.2, -0.15) is 5.10 Å².